The summed E-state index contributed by atoms with van der Waals surface area (Å²) in [5.74, 6) is 0.517. The number of aliphatic carboxylic acids is 1. The first-order valence-electron chi connectivity index (χ1n) is 5.62. The molecule has 86 valence electrons. The molecule has 0 aromatic heterocycles. The highest BCUT2D eigenvalue weighted by Gasteiger charge is 2.38. The largest absolute Gasteiger partial charge is 0.480 e. The van der Waals surface area contributed by atoms with Gasteiger partial charge in [-0.15, -0.1) is 0 Å². The van der Waals surface area contributed by atoms with E-state index in [2.05, 4.69) is 24.3 Å². The zero-order valence-electron chi connectivity index (χ0n) is 9.47. The lowest BCUT2D eigenvalue weighted by atomic mass is 10.1. The van der Waals surface area contributed by atoms with Crippen molar-refractivity contribution in [2.75, 3.05) is 20.1 Å². The Labute approximate surface area is 95.7 Å². The van der Waals surface area contributed by atoms with Gasteiger partial charge >= 0.3 is 5.97 Å². The first-order chi connectivity index (χ1) is 7.66. The normalized spacial score (nSPS) is 23.4. The predicted octanol–water partition coefficient (Wildman–Crippen LogP) is 1.81. The van der Waals surface area contributed by atoms with Crippen molar-refractivity contribution in [2.24, 2.45) is 5.92 Å². The number of hydrogen-bond donors (Lipinski definition) is 1. The van der Waals surface area contributed by atoms with Crippen molar-refractivity contribution in [3.8, 4) is 0 Å². The summed E-state index contributed by atoms with van der Waals surface area (Å²) >= 11 is 0. The third kappa shape index (κ3) is 2.83. The number of nitrogens with zero attached hydrogens (tertiary/aromatic N) is 1. The minimum Gasteiger partial charge on any atom is -0.480 e. The number of hydrogen-bond acceptors (Lipinski definition) is 2. The van der Waals surface area contributed by atoms with Crippen molar-refractivity contribution >= 4 is 5.97 Å². The topological polar surface area (TPSA) is 40.5 Å². The zero-order chi connectivity index (χ0) is 11.5. The lowest BCUT2D eigenvalue weighted by molar-refractivity contribution is -0.138. The number of carbonyl (C=O) groups is 1. The first kappa shape index (κ1) is 11.1. The minimum absolute atomic E-state index is 0.137. The van der Waals surface area contributed by atoms with Gasteiger partial charge in [-0.2, -0.15) is 0 Å². The van der Waals surface area contributed by atoms with Crippen LogP contribution >= 0.6 is 0 Å². The molecule has 1 aromatic carbocycles. The number of rotatable bonds is 5. The van der Waals surface area contributed by atoms with E-state index >= 15 is 0 Å². The van der Waals surface area contributed by atoms with Crippen LogP contribution in [0.15, 0.2) is 30.3 Å². The molecule has 0 unspecified atom stereocenters. The van der Waals surface area contributed by atoms with Gasteiger partial charge in [0, 0.05) is 6.54 Å². The lowest BCUT2D eigenvalue weighted by Gasteiger charge is -2.13. The second kappa shape index (κ2) is 4.66. The van der Waals surface area contributed by atoms with Crippen molar-refractivity contribution < 1.29 is 9.90 Å². The molecular formula is C13H17NO2. The molecule has 2 rings (SSSR count). The third-order valence-corrected chi connectivity index (χ3v) is 3.10. The van der Waals surface area contributed by atoms with Crippen LogP contribution in [0.2, 0.25) is 0 Å². The summed E-state index contributed by atoms with van der Waals surface area (Å²) in [6.45, 7) is 1.02. The Balaban J connectivity index is 1.81. The smallest absolute Gasteiger partial charge is 0.317 e. The van der Waals surface area contributed by atoms with Crippen LogP contribution in [0.25, 0.3) is 0 Å². The van der Waals surface area contributed by atoms with Gasteiger partial charge in [-0.3, -0.25) is 9.69 Å². The van der Waals surface area contributed by atoms with Crippen molar-refractivity contribution in [3.63, 3.8) is 0 Å². The molecule has 0 bridgehead atoms. The van der Waals surface area contributed by atoms with Gasteiger partial charge in [0.15, 0.2) is 0 Å². The predicted molar refractivity (Wildman–Crippen MR) is 62.4 cm³/mol. The van der Waals surface area contributed by atoms with Crippen LogP contribution in [-0.4, -0.2) is 36.1 Å². The molecule has 1 aromatic rings. The highest BCUT2D eigenvalue weighted by atomic mass is 16.4. The molecule has 0 aliphatic heterocycles. The third-order valence-electron chi connectivity index (χ3n) is 3.10. The molecule has 0 saturated heterocycles. The van der Waals surface area contributed by atoms with E-state index in [0.717, 1.165) is 6.54 Å². The molecule has 3 nitrogen and oxygen atoms in total. The van der Waals surface area contributed by atoms with Crippen molar-refractivity contribution in [3.05, 3.63) is 35.9 Å². The molecule has 0 heterocycles. The average Bonchev–Trinajstić information content (AvgIpc) is 2.97. The summed E-state index contributed by atoms with van der Waals surface area (Å²) in [4.78, 5) is 12.4. The van der Waals surface area contributed by atoms with Gasteiger partial charge in [-0.05, 0) is 30.9 Å². The van der Waals surface area contributed by atoms with Crippen LogP contribution in [0.5, 0.6) is 0 Å². The molecule has 16 heavy (non-hydrogen) atoms. The molecule has 1 aliphatic rings. The van der Waals surface area contributed by atoms with Crippen LogP contribution in [0.4, 0.5) is 0 Å². The van der Waals surface area contributed by atoms with Gasteiger partial charge in [-0.1, -0.05) is 30.3 Å². The fourth-order valence-electron chi connectivity index (χ4n) is 2.25. The van der Waals surface area contributed by atoms with E-state index in [1.165, 1.54) is 12.0 Å². The first-order valence-corrected chi connectivity index (χ1v) is 5.62. The highest BCUT2D eigenvalue weighted by Crippen LogP contribution is 2.47. The standard InChI is InChI=1S/C13H17NO2/c1-14(9-13(15)16)8-11-7-12(11)10-5-3-2-4-6-10/h2-6,11-12H,7-9H2,1H3,(H,15,16)/t11-,12-/m0/s1. The molecule has 0 radical (unpaired) electrons. The van der Waals surface area contributed by atoms with Gasteiger partial charge in [-0.25, -0.2) is 0 Å². The number of carboxylic acids is 1. The zero-order valence-corrected chi connectivity index (χ0v) is 9.47. The SMILES string of the molecule is CN(CC(=O)O)C[C@@H]1C[C@H]1c1ccccc1. The van der Waals surface area contributed by atoms with Crippen LogP contribution in [0.3, 0.4) is 0 Å². The summed E-state index contributed by atoms with van der Waals surface area (Å²) in [6, 6.07) is 10.5. The maximum Gasteiger partial charge on any atom is 0.317 e. The molecular weight excluding hydrogens is 202 g/mol. The summed E-state index contributed by atoms with van der Waals surface area (Å²) in [6.07, 6.45) is 1.19. The number of likely N-dealkylation sites (N-methyl/N-ethyl adjacent to an activating group) is 1. The summed E-state index contributed by atoms with van der Waals surface area (Å²) in [7, 11) is 1.87. The molecule has 1 N–H and O–H groups in total. The van der Waals surface area contributed by atoms with Crippen molar-refractivity contribution in [2.45, 2.75) is 12.3 Å². The Morgan fingerprint density at radius 1 is 1.44 bits per heavy atom. The van der Waals surface area contributed by atoms with E-state index in [-0.39, 0.29) is 6.54 Å². The number of benzene rings is 1. The molecule has 2 atom stereocenters. The van der Waals surface area contributed by atoms with E-state index in [0.29, 0.717) is 11.8 Å². The van der Waals surface area contributed by atoms with Gasteiger partial charge in [0.2, 0.25) is 0 Å². The van der Waals surface area contributed by atoms with Gasteiger partial charge in [0.05, 0.1) is 6.54 Å². The minimum atomic E-state index is -0.751. The van der Waals surface area contributed by atoms with Crippen molar-refractivity contribution in [1.82, 2.24) is 4.90 Å². The average molecular weight is 219 g/mol. The Hall–Kier alpha value is -1.35. The highest BCUT2D eigenvalue weighted by molar-refractivity contribution is 5.69. The second-order valence-corrected chi connectivity index (χ2v) is 4.60. The molecule has 1 fully saturated rings. The van der Waals surface area contributed by atoms with Crippen LogP contribution in [0, 0.1) is 5.92 Å². The maximum absolute atomic E-state index is 10.5. The molecule has 1 aliphatic carbocycles. The van der Waals surface area contributed by atoms with Gasteiger partial charge in [0.25, 0.3) is 0 Å². The Bertz CT molecular complexity index is 363. The Kier molecular flexibility index (Phi) is 3.25. The van der Waals surface area contributed by atoms with Crippen LogP contribution in [-0.2, 0) is 4.79 Å². The molecule has 3 heteroatoms. The summed E-state index contributed by atoms with van der Waals surface area (Å²) < 4.78 is 0. The van der Waals surface area contributed by atoms with E-state index in [1.807, 2.05) is 18.0 Å². The van der Waals surface area contributed by atoms with Crippen LogP contribution in [0.1, 0.15) is 17.9 Å². The number of carboxylic acid groups (broad SMARTS) is 1. The van der Waals surface area contributed by atoms with E-state index in [9.17, 15) is 4.79 Å². The van der Waals surface area contributed by atoms with Crippen molar-refractivity contribution in [1.29, 1.82) is 0 Å². The van der Waals surface area contributed by atoms with Gasteiger partial charge in [0.1, 0.15) is 0 Å². The van der Waals surface area contributed by atoms with E-state index in [1.54, 1.807) is 0 Å². The fraction of sp³-hybridized carbons (Fsp3) is 0.462. The van der Waals surface area contributed by atoms with E-state index in [4.69, 9.17) is 5.11 Å². The van der Waals surface area contributed by atoms with Gasteiger partial charge < -0.3 is 5.11 Å². The molecule has 0 spiro atoms. The molecule has 1 saturated carbocycles. The maximum atomic E-state index is 10.5. The second-order valence-electron chi connectivity index (χ2n) is 4.60. The Morgan fingerprint density at radius 3 is 2.75 bits per heavy atom. The Morgan fingerprint density at radius 2 is 2.12 bits per heavy atom. The summed E-state index contributed by atoms with van der Waals surface area (Å²) in [5, 5.41) is 8.66. The fourth-order valence-corrected chi connectivity index (χ4v) is 2.25. The van der Waals surface area contributed by atoms with Crippen LogP contribution < -0.4 is 0 Å². The van der Waals surface area contributed by atoms with E-state index < -0.39 is 5.97 Å². The quantitative estimate of drug-likeness (QED) is 0.821. The lowest BCUT2D eigenvalue weighted by Crippen LogP contribution is -2.27. The monoisotopic (exact) mass is 219 g/mol. The summed E-state index contributed by atoms with van der Waals surface area (Å²) in [5.41, 5.74) is 1.39. The molecule has 0 amide bonds.